The Morgan fingerprint density at radius 1 is 1.60 bits per heavy atom. The summed E-state index contributed by atoms with van der Waals surface area (Å²) in [5.41, 5.74) is 0.332. The minimum atomic E-state index is -0.0309. The number of halogens is 1. The number of hydrogen-bond donors (Lipinski definition) is 1. The lowest BCUT2D eigenvalue weighted by atomic mass is 10.3. The Bertz CT molecular complexity index is 481. The summed E-state index contributed by atoms with van der Waals surface area (Å²) in [6.07, 6.45) is -0.0412. The molecule has 2 heterocycles. The summed E-state index contributed by atoms with van der Waals surface area (Å²) in [5, 5.41) is 6.42. The first-order valence-electron chi connectivity index (χ1n) is 4.08. The Morgan fingerprint density at radius 3 is 3.40 bits per heavy atom. The molecule has 0 fully saturated rings. The molecular weight excluding hydrogens is 194 g/mol. The van der Waals surface area contributed by atoms with Gasteiger partial charge in [-0.05, 0) is 22.0 Å². The van der Waals surface area contributed by atoms with Crippen LogP contribution in [0.2, 0.25) is 0 Å². The highest BCUT2D eigenvalue weighted by Gasteiger charge is 1.94. The molecule has 4 heteroatoms. The van der Waals surface area contributed by atoms with Crippen molar-refractivity contribution in [3.8, 4) is 0 Å². The minimum Gasteiger partial charge on any atom is -0.276 e. The molecule has 2 aromatic heterocycles. The average Bonchev–Trinajstić information content (AvgIpc) is 2.44. The molecule has 0 aromatic carbocycles. The van der Waals surface area contributed by atoms with Gasteiger partial charge in [-0.3, -0.25) is 5.10 Å². The van der Waals surface area contributed by atoms with Gasteiger partial charge in [-0.15, -0.1) is 0 Å². The lowest BCUT2D eigenvalue weighted by molar-refractivity contribution is 1.11. The van der Waals surface area contributed by atoms with Gasteiger partial charge >= 0.3 is 0 Å². The van der Waals surface area contributed by atoms with Crippen LogP contribution in [0.15, 0.2) is 23.0 Å². The van der Waals surface area contributed by atoms with Crippen LogP contribution < -0.4 is 0 Å². The Labute approximate surface area is 69.8 Å². The first kappa shape index (κ1) is 3.48. The van der Waals surface area contributed by atoms with Crippen molar-refractivity contribution in [1.82, 2.24) is 15.2 Å². The molecule has 0 atom stereocenters. The van der Waals surface area contributed by atoms with Gasteiger partial charge in [0.15, 0.2) is 0 Å². The maximum absolute atomic E-state index is 7.57. The Balaban J connectivity index is 3.00. The summed E-state index contributed by atoms with van der Waals surface area (Å²) in [4.78, 5) is 3.76. The molecule has 0 radical (unpaired) electrons. The van der Waals surface area contributed by atoms with Crippen LogP contribution >= 0.6 is 15.9 Å². The second-order valence-corrected chi connectivity index (χ2v) is 2.48. The van der Waals surface area contributed by atoms with Crippen LogP contribution in [-0.2, 0) is 0 Å². The number of H-pyrrole nitrogens is 1. The van der Waals surface area contributed by atoms with Crippen LogP contribution in [0.1, 0.15) is 4.11 Å². The number of fused-ring (bicyclic) bond motifs is 1. The molecule has 0 aliphatic rings. The van der Waals surface area contributed by atoms with Crippen LogP contribution in [0, 0.1) is 0 Å². The van der Waals surface area contributed by atoms with Crippen molar-refractivity contribution >= 4 is 26.8 Å². The van der Waals surface area contributed by atoms with Crippen molar-refractivity contribution in [2.45, 2.75) is 0 Å². The first-order chi connectivity index (χ1) is 6.11. The van der Waals surface area contributed by atoms with Crippen molar-refractivity contribution in [3.05, 3.63) is 23.0 Å². The molecule has 2 rings (SSSR count). The van der Waals surface area contributed by atoms with Gasteiger partial charge in [-0.25, -0.2) is 4.98 Å². The largest absolute Gasteiger partial charge is 0.276 e. The number of hydrogen-bond acceptors (Lipinski definition) is 2. The lowest BCUT2D eigenvalue weighted by Crippen LogP contribution is -1.73. The van der Waals surface area contributed by atoms with Gasteiger partial charge < -0.3 is 0 Å². The number of aromatic amines is 1. The second-order valence-electron chi connectivity index (χ2n) is 1.72. The van der Waals surface area contributed by atoms with Gasteiger partial charge in [-0.1, -0.05) is 0 Å². The zero-order valence-electron chi connectivity index (χ0n) is 7.77. The SMILES string of the molecule is [2H]c1nc(Br)c([2H])c2c([2H])n[nH]c12. The second kappa shape index (κ2) is 2.05. The van der Waals surface area contributed by atoms with Crippen molar-refractivity contribution in [2.24, 2.45) is 0 Å². The molecule has 10 heavy (non-hydrogen) atoms. The number of nitrogens with zero attached hydrogens (tertiary/aromatic N) is 2. The summed E-state index contributed by atoms with van der Waals surface area (Å²) in [7, 11) is 0. The van der Waals surface area contributed by atoms with Gasteiger partial charge in [0, 0.05) is 5.39 Å². The molecule has 0 saturated carbocycles. The highest BCUT2D eigenvalue weighted by molar-refractivity contribution is 9.10. The highest BCUT2D eigenvalue weighted by atomic mass is 79.9. The number of aromatic nitrogens is 3. The molecule has 0 amide bonds. The van der Waals surface area contributed by atoms with E-state index in [-0.39, 0.29) is 23.0 Å². The average molecular weight is 201 g/mol. The third-order valence-electron chi connectivity index (χ3n) is 1.08. The molecule has 0 bridgehead atoms. The molecule has 0 saturated heterocycles. The van der Waals surface area contributed by atoms with E-state index >= 15 is 0 Å². The van der Waals surface area contributed by atoms with E-state index in [2.05, 4.69) is 31.1 Å². The van der Waals surface area contributed by atoms with Crippen LogP contribution in [0.4, 0.5) is 0 Å². The molecule has 2 aromatic rings. The Morgan fingerprint density at radius 2 is 2.50 bits per heavy atom. The normalized spacial score (nSPS) is 14.7. The Hall–Kier alpha value is -0.900. The van der Waals surface area contributed by atoms with E-state index in [1.54, 1.807) is 0 Å². The fourth-order valence-corrected chi connectivity index (χ4v) is 0.946. The van der Waals surface area contributed by atoms with Crippen molar-refractivity contribution in [1.29, 1.82) is 0 Å². The van der Waals surface area contributed by atoms with Crippen LogP contribution in [0.5, 0.6) is 0 Å². The van der Waals surface area contributed by atoms with Gasteiger partial charge in [0.2, 0.25) is 0 Å². The molecule has 50 valence electrons. The van der Waals surface area contributed by atoms with Crippen molar-refractivity contribution in [3.63, 3.8) is 0 Å². The summed E-state index contributed by atoms with van der Waals surface area (Å²) < 4.78 is 22.7. The fourth-order valence-electron chi connectivity index (χ4n) is 0.659. The molecule has 0 aliphatic heterocycles. The fraction of sp³-hybridized carbons (Fsp3) is 0. The summed E-state index contributed by atoms with van der Waals surface area (Å²) in [5.74, 6) is 0. The van der Waals surface area contributed by atoms with E-state index in [9.17, 15) is 0 Å². The maximum Gasteiger partial charge on any atom is 0.106 e. The van der Waals surface area contributed by atoms with E-state index in [4.69, 9.17) is 4.11 Å². The molecule has 0 aliphatic carbocycles. The van der Waals surface area contributed by atoms with Crippen molar-refractivity contribution in [2.75, 3.05) is 0 Å². The standard InChI is InChI=1S/C6H4BrN3/c7-6-1-4-2-9-10-5(4)3-8-6/h1-3H,(H,9,10)/i1D,2D,3D. The number of rotatable bonds is 0. The van der Waals surface area contributed by atoms with E-state index < -0.39 is 0 Å². The quantitative estimate of drug-likeness (QED) is 0.659. The zero-order chi connectivity index (χ0) is 9.59. The van der Waals surface area contributed by atoms with Crippen LogP contribution in [0.3, 0.4) is 0 Å². The topological polar surface area (TPSA) is 41.6 Å². The molecule has 0 spiro atoms. The predicted octanol–water partition coefficient (Wildman–Crippen LogP) is 1.72. The van der Waals surface area contributed by atoms with E-state index in [1.165, 1.54) is 0 Å². The smallest absolute Gasteiger partial charge is 0.106 e. The van der Waals surface area contributed by atoms with Crippen LogP contribution in [-0.4, -0.2) is 15.2 Å². The van der Waals surface area contributed by atoms with Crippen LogP contribution in [0.25, 0.3) is 10.9 Å². The van der Waals surface area contributed by atoms with Crippen molar-refractivity contribution < 1.29 is 4.11 Å². The monoisotopic (exact) mass is 200 g/mol. The summed E-state index contributed by atoms with van der Waals surface area (Å²) in [6.45, 7) is 0. The van der Waals surface area contributed by atoms with Gasteiger partial charge in [0.25, 0.3) is 0 Å². The number of nitrogens with one attached hydrogen (secondary N) is 1. The number of pyridine rings is 1. The predicted molar refractivity (Wildman–Crippen MR) is 41.6 cm³/mol. The van der Waals surface area contributed by atoms with Gasteiger partial charge in [0.05, 0.1) is 22.0 Å². The third-order valence-corrected chi connectivity index (χ3v) is 1.45. The molecule has 3 nitrogen and oxygen atoms in total. The zero-order valence-corrected chi connectivity index (χ0v) is 6.36. The highest BCUT2D eigenvalue weighted by Crippen LogP contribution is 2.13. The third kappa shape index (κ3) is 0.806. The molecular formula is C6H4BrN3. The summed E-state index contributed by atoms with van der Waals surface area (Å²) in [6, 6.07) is 0.0877. The van der Waals surface area contributed by atoms with E-state index in [0.717, 1.165) is 0 Å². The molecule has 1 N–H and O–H groups in total. The maximum atomic E-state index is 7.57. The van der Waals surface area contributed by atoms with Gasteiger partial charge in [0.1, 0.15) is 4.60 Å². The molecule has 0 unspecified atom stereocenters. The van der Waals surface area contributed by atoms with E-state index in [0.29, 0.717) is 10.9 Å². The first-order valence-corrected chi connectivity index (χ1v) is 3.38. The minimum absolute atomic E-state index is 0.0103. The van der Waals surface area contributed by atoms with Gasteiger partial charge in [-0.2, -0.15) is 5.10 Å². The summed E-state index contributed by atoms with van der Waals surface area (Å²) >= 11 is 3.04. The Kier molecular flexibility index (Phi) is 0.715. The lowest BCUT2D eigenvalue weighted by Gasteiger charge is -1.86. The van der Waals surface area contributed by atoms with E-state index in [1.807, 2.05) is 0 Å².